The molecular formula is C24H32N8O4S. The summed E-state index contributed by atoms with van der Waals surface area (Å²) >= 11 is 0. The van der Waals surface area contributed by atoms with Gasteiger partial charge in [0.1, 0.15) is 23.4 Å². The SMILES string of the molecule is CCCOc1ccc(S(=O)(=O)N2CCCN(C)CC2)cc1-c1nc2c([nH]1)c1nncn1c(=O)n2CCC. The third kappa shape index (κ3) is 4.62. The highest BCUT2D eigenvalue weighted by Crippen LogP contribution is 2.33. The highest BCUT2D eigenvalue weighted by molar-refractivity contribution is 7.89. The molecule has 5 rings (SSSR count). The third-order valence-electron chi connectivity index (χ3n) is 6.58. The molecule has 0 saturated carbocycles. The van der Waals surface area contributed by atoms with Crippen molar-refractivity contribution in [3.05, 3.63) is 35.0 Å². The number of aromatic nitrogens is 6. The number of rotatable bonds is 8. The fourth-order valence-electron chi connectivity index (χ4n) is 4.64. The monoisotopic (exact) mass is 528 g/mol. The van der Waals surface area contributed by atoms with E-state index in [0.29, 0.717) is 66.7 Å². The van der Waals surface area contributed by atoms with E-state index >= 15 is 0 Å². The molecule has 1 aliphatic rings. The maximum Gasteiger partial charge on any atom is 0.336 e. The number of benzene rings is 1. The summed E-state index contributed by atoms with van der Waals surface area (Å²) in [5.41, 5.74) is 1.57. The van der Waals surface area contributed by atoms with E-state index in [-0.39, 0.29) is 10.6 Å². The Balaban J connectivity index is 1.66. The number of sulfonamides is 1. The van der Waals surface area contributed by atoms with E-state index in [1.165, 1.54) is 10.7 Å². The van der Waals surface area contributed by atoms with Crippen LogP contribution < -0.4 is 10.4 Å². The molecule has 0 unspecified atom stereocenters. The van der Waals surface area contributed by atoms with Gasteiger partial charge in [-0.25, -0.2) is 22.6 Å². The Morgan fingerprint density at radius 3 is 2.70 bits per heavy atom. The van der Waals surface area contributed by atoms with Crippen molar-refractivity contribution >= 4 is 26.8 Å². The number of likely N-dealkylation sites (N-methyl/N-ethyl adjacent to an activating group) is 1. The first kappa shape index (κ1) is 25.4. The van der Waals surface area contributed by atoms with Gasteiger partial charge in [-0.3, -0.25) is 4.57 Å². The van der Waals surface area contributed by atoms with Crippen LogP contribution in [0, 0.1) is 0 Å². The van der Waals surface area contributed by atoms with Crippen molar-refractivity contribution in [2.75, 3.05) is 39.8 Å². The van der Waals surface area contributed by atoms with E-state index in [2.05, 4.69) is 20.1 Å². The summed E-state index contributed by atoms with van der Waals surface area (Å²) in [5, 5.41) is 8.02. The summed E-state index contributed by atoms with van der Waals surface area (Å²) < 4.78 is 37.7. The lowest BCUT2D eigenvalue weighted by Crippen LogP contribution is -2.34. The van der Waals surface area contributed by atoms with Crippen LogP contribution in [0.25, 0.3) is 28.2 Å². The summed E-state index contributed by atoms with van der Waals surface area (Å²) in [6.07, 6.45) is 3.67. The van der Waals surface area contributed by atoms with E-state index in [1.807, 2.05) is 20.9 Å². The van der Waals surface area contributed by atoms with Gasteiger partial charge in [0.15, 0.2) is 11.3 Å². The largest absolute Gasteiger partial charge is 0.493 e. The molecule has 1 saturated heterocycles. The van der Waals surface area contributed by atoms with Gasteiger partial charge in [-0.15, -0.1) is 10.2 Å². The molecule has 0 spiro atoms. The summed E-state index contributed by atoms with van der Waals surface area (Å²) in [6.45, 7) is 7.34. The maximum absolute atomic E-state index is 13.6. The summed E-state index contributed by atoms with van der Waals surface area (Å²) in [4.78, 5) is 23.4. The van der Waals surface area contributed by atoms with Crippen LogP contribution in [-0.2, 0) is 16.6 Å². The Labute approximate surface area is 214 Å². The predicted octanol–water partition coefficient (Wildman–Crippen LogP) is 1.96. The van der Waals surface area contributed by atoms with E-state index in [0.717, 1.165) is 25.8 Å². The Kier molecular flexibility index (Phi) is 7.01. The summed E-state index contributed by atoms with van der Waals surface area (Å²) in [7, 11) is -1.73. The molecule has 3 aromatic heterocycles. The standard InChI is InChI=1S/C24H32N8O4S/c1-4-9-31-22-20(23-28-25-16-32(23)24(31)33)26-21(27-22)18-15-17(7-8-19(18)36-14-5-2)37(34,35)30-11-6-10-29(3)12-13-30/h7-8,15-16H,4-6,9-14H2,1-3H3,(H,26,27). The Morgan fingerprint density at radius 1 is 1.08 bits per heavy atom. The van der Waals surface area contributed by atoms with Crippen LogP contribution in [-0.4, -0.2) is 86.6 Å². The molecule has 1 fully saturated rings. The van der Waals surface area contributed by atoms with E-state index < -0.39 is 10.0 Å². The van der Waals surface area contributed by atoms with Gasteiger partial charge in [-0.2, -0.15) is 4.31 Å². The first-order valence-electron chi connectivity index (χ1n) is 12.6. The van der Waals surface area contributed by atoms with E-state index in [9.17, 15) is 13.2 Å². The number of aromatic amines is 1. The molecule has 4 heterocycles. The van der Waals surface area contributed by atoms with E-state index in [1.54, 1.807) is 27.1 Å². The smallest absolute Gasteiger partial charge is 0.336 e. The van der Waals surface area contributed by atoms with Crippen molar-refractivity contribution in [1.82, 2.24) is 38.3 Å². The second-order valence-corrected chi connectivity index (χ2v) is 11.2. The van der Waals surface area contributed by atoms with Gasteiger partial charge in [0, 0.05) is 26.2 Å². The number of ether oxygens (including phenoxy) is 1. The maximum atomic E-state index is 13.6. The fraction of sp³-hybridized carbons (Fsp3) is 0.500. The number of nitrogens with one attached hydrogen (secondary N) is 1. The van der Waals surface area contributed by atoms with Crippen molar-refractivity contribution in [3.8, 4) is 17.1 Å². The molecule has 1 N–H and O–H groups in total. The molecule has 0 amide bonds. The number of aryl methyl sites for hydroxylation is 1. The van der Waals surface area contributed by atoms with Crippen molar-refractivity contribution in [3.63, 3.8) is 0 Å². The lowest BCUT2D eigenvalue weighted by Gasteiger charge is -2.21. The van der Waals surface area contributed by atoms with Crippen molar-refractivity contribution in [1.29, 1.82) is 0 Å². The minimum Gasteiger partial charge on any atom is -0.493 e. The Morgan fingerprint density at radius 2 is 1.92 bits per heavy atom. The topological polar surface area (TPSA) is 131 Å². The molecule has 0 radical (unpaired) electrons. The lowest BCUT2D eigenvalue weighted by molar-refractivity contribution is 0.318. The van der Waals surface area contributed by atoms with Gasteiger partial charge in [-0.1, -0.05) is 13.8 Å². The third-order valence-corrected chi connectivity index (χ3v) is 8.47. The second-order valence-electron chi connectivity index (χ2n) is 9.31. The first-order valence-corrected chi connectivity index (χ1v) is 14.1. The number of nitrogens with zero attached hydrogens (tertiary/aromatic N) is 7. The normalized spacial score (nSPS) is 16.0. The number of imidazole rings is 1. The predicted molar refractivity (Wildman–Crippen MR) is 139 cm³/mol. The molecule has 4 aromatic rings. The van der Waals surface area contributed by atoms with Gasteiger partial charge in [0.2, 0.25) is 10.0 Å². The van der Waals surface area contributed by atoms with Crippen LogP contribution in [0.3, 0.4) is 0 Å². The van der Waals surface area contributed by atoms with Gasteiger partial charge in [0.25, 0.3) is 0 Å². The highest BCUT2D eigenvalue weighted by Gasteiger charge is 2.28. The van der Waals surface area contributed by atoms with Gasteiger partial charge >= 0.3 is 5.69 Å². The molecule has 0 aliphatic carbocycles. The Bertz CT molecular complexity index is 1590. The van der Waals surface area contributed by atoms with E-state index in [4.69, 9.17) is 9.72 Å². The van der Waals surface area contributed by atoms with Crippen molar-refractivity contribution in [2.24, 2.45) is 0 Å². The van der Waals surface area contributed by atoms with Crippen LogP contribution in [0.15, 0.2) is 34.2 Å². The van der Waals surface area contributed by atoms with Gasteiger partial charge < -0.3 is 14.6 Å². The average molecular weight is 529 g/mol. The zero-order chi connectivity index (χ0) is 26.2. The first-order chi connectivity index (χ1) is 17.8. The number of hydrogen-bond acceptors (Lipinski definition) is 8. The molecule has 12 nitrogen and oxygen atoms in total. The highest BCUT2D eigenvalue weighted by atomic mass is 32.2. The number of fused-ring (bicyclic) bond motifs is 3. The van der Waals surface area contributed by atoms with Crippen LogP contribution in [0.4, 0.5) is 0 Å². The van der Waals surface area contributed by atoms with Gasteiger partial charge in [0.05, 0.1) is 17.1 Å². The van der Waals surface area contributed by atoms with Crippen LogP contribution in [0.2, 0.25) is 0 Å². The molecule has 198 valence electrons. The zero-order valence-corrected chi connectivity index (χ0v) is 22.2. The summed E-state index contributed by atoms with van der Waals surface area (Å²) in [6, 6.07) is 4.88. The molecule has 1 aromatic carbocycles. The van der Waals surface area contributed by atoms with Crippen molar-refractivity contribution in [2.45, 2.75) is 44.6 Å². The van der Waals surface area contributed by atoms with Crippen LogP contribution >= 0.6 is 0 Å². The zero-order valence-electron chi connectivity index (χ0n) is 21.3. The second kappa shape index (κ2) is 10.2. The molecule has 1 aliphatic heterocycles. The quantitative estimate of drug-likeness (QED) is 0.367. The molecule has 0 bridgehead atoms. The van der Waals surface area contributed by atoms with Crippen molar-refractivity contribution < 1.29 is 13.2 Å². The fourth-order valence-corrected chi connectivity index (χ4v) is 6.14. The molecule has 37 heavy (non-hydrogen) atoms. The van der Waals surface area contributed by atoms with Gasteiger partial charge in [-0.05, 0) is 51.1 Å². The van der Waals surface area contributed by atoms with Crippen LogP contribution in [0.5, 0.6) is 5.75 Å². The molecule has 0 atom stereocenters. The summed E-state index contributed by atoms with van der Waals surface area (Å²) in [5.74, 6) is 0.909. The number of hydrogen-bond donors (Lipinski definition) is 1. The molecular weight excluding hydrogens is 496 g/mol. The minimum absolute atomic E-state index is 0.176. The minimum atomic E-state index is -3.73. The molecule has 13 heteroatoms. The average Bonchev–Trinajstić information content (AvgIpc) is 3.49. The van der Waals surface area contributed by atoms with Crippen LogP contribution in [0.1, 0.15) is 33.1 Å². The lowest BCUT2D eigenvalue weighted by atomic mass is 10.2. The number of H-pyrrole nitrogens is 1. The Hall–Kier alpha value is -3.29.